The number of hydrogen-bond donors (Lipinski definition) is 3. The Morgan fingerprint density at radius 3 is 2.60 bits per heavy atom. The maximum atomic E-state index is 11.9. The van der Waals surface area contributed by atoms with Gasteiger partial charge in [-0.3, -0.25) is 4.79 Å². The van der Waals surface area contributed by atoms with Crippen LogP contribution in [0.25, 0.3) is 0 Å². The summed E-state index contributed by atoms with van der Waals surface area (Å²) in [5.41, 5.74) is 0.682. The fourth-order valence-corrected chi connectivity index (χ4v) is 2.07. The average Bonchev–Trinajstić information content (AvgIpc) is 2.88. The first-order valence-electron chi connectivity index (χ1n) is 6.94. The molecule has 5 heteroatoms. The summed E-state index contributed by atoms with van der Waals surface area (Å²) in [5.74, 6) is -0.619. The molecule has 0 saturated carbocycles. The highest BCUT2D eigenvalue weighted by atomic mass is 16.4. The Morgan fingerprint density at radius 1 is 1.35 bits per heavy atom. The van der Waals surface area contributed by atoms with E-state index in [1.54, 1.807) is 12.1 Å². The van der Waals surface area contributed by atoms with Crippen molar-refractivity contribution < 1.29 is 14.7 Å². The predicted octanol–water partition coefficient (Wildman–Crippen LogP) is 2.35. The highest BCUT2D eigenvalue weighted by Crippen LogP contribution is 2.16. The average molecular weight is 278 g/mol. The second kappa shape index (κ2) is 7.65. The van der Waals surface area contributed by atoms with Crippen LogP contribution in [0.2, 0.25) is 0 Å². The molecule has 2 atom stereocenters. The molecular weight excluding hydrogens is 256 g/mol. The van der Waals surface area contributed by atoms with Crippen LogP contribution >= 0.6 is 0 Å². The molecule has 1 aliphatic heterocycles. The lowest BCUT2D eigenvalue weighted by molar-refractivity contribution is -0.117. The maximum Gasteiger partial charge on any atom is 0.335 e. The van der Waals surface area contributed by atoms with Crippen molar-refractivity contribution in [1.82, 2.24) is 5.32 Å². The van der Waals surface area contributed by atoms with Crippen molar-refractivity contribution in [3.63, 3.8) is 0 Å². The Kier molecular flexibility index (Phi) is 6.18. The van der Waals surface area contributed by atoms with Crippen LogP contribution in [-0.4, -0.2) is 29.6 Å². The van der Waals surface area contributed by atoms with E-state index < -0.39 is 5.97 Å². The molecule has 20 heavy (non-hydrogen) atoms. The van der Waals surface area contributed by atoms with Gasteiger partial charge in [-0.15, -0.1) is 0 Å². The molecule has 0 spiro atoms. The molecule has 1 aliphatic rings. The van der Waals surface area contributed by atoms with E-state index >= 15 is 0 Å². The Labute approximate surface area is 119 Å². The van der Waals surface area contributed by atoms with Gasteiger partial charge >= 0.3 is 5.97 Å². The fourth-order valence-electron chi connectivity index (χ4n) is 2.07. The summed E-state index contributed by atoms with van der Waals surface area (Å²) in [7, 11) is 0. The Morgan fingerprint density at radius 2 is 2.05 bits per heavy atom. The van der Waals surface area contributed by atoms with Crippen LogP contribution in [0.1, 0.15) is 37.6 Å². The highest BCUT2D eigenvalue weighted by Gasteiger charge is 2.26. The van der Waals surface area contributed by atoms with Crippen LogP contribution in [0.15, 0.2) is 24.3 Å². The summed E-state index contributed by atoms with van der Waals surface area (Å²) in [6.07, 6.45) is 0.810. The summed E-state index contributed by atoms with van der Waals surface area (Å²) < 4.78 is 0. The lowest BCUT2D eigenvalue weighted by atomic mass is 10.1. The minimum absolute atomic E-state index is 0.109. The number of hydrogen-bond acceptors (Lipinski definition) is 3. The maximum absolute atomic E-state index is 11.9. The first-order valence-corrected chi connectivity index (χ1v) is 6.94. The number of carbonyl (C=O) groups excluding carboxylic acids is 1. The van der Waals surface area contributed by atoms with Gasteiger partial charge in [-0.2, -0.15) is 0 Å². The Bertz CT molecular complexity index is 474. The molecule has 1 fully saturated rings. The number of aromatic carboxylic acids is 1. The molecule has 0 aliphatic carbocycles. The Hall–Kier alpha value is -1.88. The molecule has 1 aromatic rings. The number of anilines is 1. The molecule has 0 radical (unpaired) electrons. The van der Waals surface area contributed by atoms with E-state index in [1.165, 1.54) is 12.1 Å². The van der Waals surface area contributed by atoms with Gasteiger partial charge in [-0.1, -0.05) is 26.8 Å². The smallest absolute Gasteiger partial charge is 0.335 e. The summed E-state index contributed by atoms with van der Waals surface area (Å²) in [4.78, 5) is 22.7. The number of rotatable bonds is 3. The number of carboxylic acids is 1. The van der Waals surface area contributed by atoms with Gasteiger partial charge < -0.3 is 15.7 Å². The number of amides is 1. The molecule has 110 valence electrons. The zero-order valence-corrected chi connectivity index (χ0v) is 12.1. The summed E-state index contributed by atoms with van der Waals surface area (Å²) >= 11 is 0. The van der Waals surface area contributed by atoms with Crippen molar-refractivity contribution in [2.45, 2.75) is 33.2 Å². The van der Waals surface area contributed by atoms with Crippen LogP contribution in [0.3, 0.4) is 0 Å². The molecular formula is C15H22N2O3. The van der Waals surface area contributed by atoms with Crippen molar-refractivity contribution in [2.24, 2.45) is 5.92 Å². The zero-order valence-electron chi connectivity index (χ0n) is 12.1. The van der Waals surface area contributed by atoms with Gasteiger partial charge in [0.1, 0.15) is 0 Å². The van der Waals surface area contributed by atoms with Crippen molar-refractivity contribution >= 4 is 17.6 Å². The van der Waals surface area contributed by atoms with E-state index in [9.17, 15) is 9.59 Å². The first-order chi connectivity index (χ1) is 9.56. The topological polar surface area (TPSA) is 78.4 Å². The summed E-state index contributed by atoms with van der Waals surface area (Å²) in [6, 6.07) is 6.06. The van der Waals surface area contributed by atoms with Crippen LogP contribution in [0.5, 0.6) is 0 Å². The van der Waals surface area contributed by atoms with Crippen molar-refractivity contribution in [2.75, 3.05) is 11.9 Å². The third kappa shape index (κ3) is 4.35. The van der Waals surface area contributed by atoms with Crippen LogP contribution in [0.4, 0.5) is 5.69 Å². The number of carbonyl (C=O) groups is 2. The second-order valence-corrected chi connectivity index (χ2v) is 4.68. The van der Waals surface area contributed by atoms with E-state index in [0.29, 0.717) is 11.6 Å². The Balaban J connectivity index is 0.000000956. The molecule has 0 bridgehead atoms. The van der Waals surface area contributed by atoms with Gasteiger partial charge in [0.25, 0.3) is 0 Å². The molecule has 3 N–H and O–H groups in total. The molecule has 1 heterocycles. The van der Waals surface area contributed by atoms with Gasteiger partial charge in [0.2, 0.25) is 5.91 Å². The third-order valence-electron chi connectivity index (χ3n) is 3.04. The molecule has 1 saturated heterocycles. The van der Waals surface area contributed by atoms with Crippen molar-refractivity contribution in [3.05, 3.63) is 29.8 Å². The quantitative estimate of drug-likeness (QED) is 0.793. The molecule has 2 unspecified atom stereocenters. The normalized spacial score (nSPS) is 20.8. The highest BCUT2D eigenvalue weighted by molar-refractivity contribution is 5.96. The van der Waals surface area contributed by atoms with Gasteiger partial charge in [-0.05, 0) is 37.1 Å². The fraction of sp³-hybridized carbons (Fsp3) is 0.467. The number of carboxylic acid groups (broad SMARTS) is 1. The second-order valence-electron chi connectivity index (χ2n) is 4.68. The number of benzene rings is 1. The minimum atomic E-state index is -1.00. The molecule has 1 aromatic carbocycles. The van der Waals surface area contributed by atoms with E-state index in [2.05, 4.69) is 17.6 Å². The van der Waals surface area contributed by atoms with Gasteiger partial charge in [0, 0.05) is 5.69 Å². The predicted molar refractivity (Wildman–Crippen MR) is 79.0 cm³/mol. The van der Waals surface area contributed by atoms with Gasteiger partial charge in [0.05, 0.1) is 11.6 Å². The largest absolute Gasteiger partial charge is 0.478 e. The molecule has 5 nitrogen and oxygen atoms in total. The van der Waals surface area contributed by atoms with E-state index in [4.69, 9.17) is 5.11 Å². The molecule has 0 aromatic heterocycles. The minimum Gasteiger partial charge on any atom is -0.478 e. The lowest BCUT2D eigenvalue weighted by Crippen LogP contribution is -2.35. The van der Waals surface area contributed by atoms with Crippen molar-refractivity contribution in [3.8, 4) is 0 Å². The number of nitrogens with one attached hydrogen (secondary N) is 2. The van der Waals surface area contributed by atoms with Gasteiger partial charge in [0.15, 0.2) is 0 Å². The van der Waals surface area contributed by atoms with E-state index in [1.807, 2.05) is 13.8 Å². The van der Waals surface area contributed by atoms with Crippen LogP contribution in [0, 0.1) is 5.92 Å². The van der Waals surface area contributed by atoms with E-state index in [-0.39, 0.29) is 17.5 Å². The monoisotopic (exact) mass is 278 g/mol. The molecule has 2 rings (SSSR count). The standard InChI is InChI=1S/C13H16N2O3.C2H6/c1-8-5-11(14-7-8)12(16)15-10-4-2-3-9(6-10)13(17)18;1-2/h2-4,6,8,11,14H,5,7H2,1H3,(H,15,16)(H,17,18);1-2H3. The summed E-state index contributed by atoms with van der Waals surface area (Å²) in [6.45, 7) is 6.93. The SMILES string of the molecule is CC.CC1CNC(C(=O)Nc2cccc(C(=O)O)c2)C1. The van der Waals surface area contributed by atoms with Crippen LogP contribution in [-0.2, 0) is 4.79 Å². The first kappa shape index (κ1) is 16.2. The molecule has 1 amide bonds. The lowest BCUT2D eigenvalue weighted by Gasteiger charge is -2.11. The van der Waals surface area contributed by atoms with Crippen LogP contribution < -0.4 is 10.6 Å². The zero-order chi connectivity index (χ0) is 15.1. The van der Waals surface area contributed by atoms with Crippen molar-refractivity contribution in [1.29, 1.82) is 0 Å². The third-order valence-corrected chi connectivity index (χ3v) is 3.04. The summed E-state index contributed by atoms with van der Waals surface area (Å²) in [5, 5.41) is 14.7. The van der Waals surface area contributed by atoms with E-state index in [0.717, 1.165) is 13.0 Å². The van der Waals surface area contributed by atoms with Gasteiger partial charge in [-0.25, -0.2) is 4.79 Å².